The molecular formula is C48H28N4O2. The van der Waals surface area contributed by atoms with Crippen LogP contribution < -0.4 is 0 Å². The number of benzene rings is 8. The van der Waals surface area contributed by atoms with Crippen molar-refractivity contribution < 1.29 is 8.83 Å². The number of rotatable bonds is 5. The molecule has 0 fully saturated rings. The molecule has 6 nitrogen and oxygen atoms in total. The fourth-order valence-corrected chi connectivity index (χ4v) is 7.32. The smallest absolute Gasteiger partial charge is 0.227 e. The lowest BCUT2D eigenvalue weighted by Gasteiger charge is -2.10. The van der Waals surface area contributed by atoms with Gasteiger partial charge in [0.2, 0.25) is 5.89 Å². The molecule has 0 spiro atoms. The first kappa shape index (κ1) is 30.2. The van der Waals surface area contributed by atoms with E-state index >= 15 is 0 Å². The Morgan fingerprint density at radius 3 is 1.54 bits per heavy atom. The minimum absolute atomic E-state index is 0.573. The van der Waals surface area contributed by atoms with Crippen LogP contribution in [0.3, 0.4) is 0 Å². The Bertz CT molecular complexity index is 3220. The molecule has 0 saturated carbocycles. The lowest BCUT2D eigenvalue weighted by Crippen LogP contribution is -2.00. The van der Waals surface area contributed by atoms with Crippen molar-refractivity contribution in [2.24, 2.45) is 0 Å². The first-order valence-electron chi connectivity index (χ1n) is 17.9. The molecule has 0 aliphatic carbocycles. The maximum absolute atomic E-state index is 6.36. The van der Waals surface area contributed by atoms with Crippen molar-refractivity contribution in [2.45, 2.75) is 0 Å². The van der Waals surface area contributed by atoms with Gasteiger partial charge in [-0.3, -0.25) is 0 Å². The molecule has 6 heteroatoms. The first-order chi connectivity index (χ1) is 26.7. The molecule has 3 aromatic heterocycles. The standard InChI is InChI=1S/C48H28N4O2/c1-2-8-29(9-3-1)32-14-18-33(19-15-32)45-50-46(36-20-16-30-10-4-6-12-34(30)24-36)52-47(51-45)37-22-23-42-39(26-37)40-27-44-41(28-43(40)53-42)49-48(54-44)38-21-17-31-11-5-7-13-35(31)25-38/h1-28H. The van der Waals surface area contributed by atoms with Gasteiger partial charge in [-0.05, 0) is 75.1 Å². The average Bonchev–Trinajstić information content (AvgIpc) is 3.83. The van der Waals surface area contributed by atoms with Gasteiger partial charge in [0.1, 0.15) is 16.7 Å². The second-order valence-corrected chi connectivity index (χ2v) is 13.5. The first-order valence-corrected chi connectivity index (χ1v) is 17.9. The summed E-state index contributed by atoms with van der Waals surface area (Å²) in [4.78, 5) is 20.0. The maximum Gasteiger partial charge on any atom is 0.227 e. The minimum atomic E-state index is 0.573. The Morgan fingerprint density at radius 1 is 0.296 bits per heavy atom. The zero-order chi connectivity index (χ0) is 35.6. The number of fused-ring (bicyclic) bond motifs is 6. The average molecular weight is 693 g/mol. The summed E-state index contributed by atoms with van der Waals surface area (Å²) in [7, 11) is 0. The zero-order valence-corrected chi connectivity index (χ0v) is 28.8. The lowest BCUT2D eigenvalue weighted by atomic mass is 10.0. The highest BCUT2D eigenvalue weighted by atomic mass is 16.4. The molecule has 3 heterocycles. The third kappa shape index (κ3) is 5.20. The molecule has 0 saturated heterocycles. The lowest BCUT2D eigenvalue weighted by molar-refractivity contribution is 0.620. The van der Waals surface area contributed by atoms with Crippen LogP contribution in [-0.2, 0) is 0 Å². The van der Waals surface area contributed by atoms with E-state index in [9.17, 15) is 0 Å². The molecule has 8 aromatic carbocycles. The maximum atomic E-state index is 6.36. The monoisotopic (exact) mass is 692 g/mol. The van der Waals surface area contributed by atoms with Gasteiger partial charge in [-0.1, -0.05) is 121 Å². The van der Waals surface area contributed by atoms with E-state index in [4.69, 9.17) is 28.8 Å². The van der Waals surface area contributed by atoms with E-state index < -0.39 is 0 Å². The van der Waals surface area contributed by atoms with Crippen molar-refractivity contribution in [1.29, 1.82) is 0 Å². The summed E-state index contributed by atoms with van der Waals surface area (Å²) in [5.74, 6) is 2.36. The van der Waals surface area contributed by atoms with Crippen LogP contribution in [0.4, 0.5) is 0 Å². The Balaban J connectivity index is 1.03. The molecule has 0 atom stereocenters. The third-order valence-corrected chi connectivity index (χ3v) is 10.1. The van der Waals surface area contributed by atoms with Gasteiger partial charge in [-0.25, -0.2) is 19.9 Å². The van der Waals surface area contributed by atoms with Crippen LogP contribution in [0.25, 0.3) is 111 Å². The Kier molecular flexibility index (Phi) is 6.75. The number of hydrogen-bond donors (Lipinski definition) is 0. The minimum Gasteiger partial charge on any atom is -0.456 e. The van der Waals surface area contributed by atoms with Crippen molar-refractivity contribution in [3.05, 3.63) is 170 Å². The molecule has 0 N–H and O–H groups in total. The van der Waals surface area contributed by atoms with Crippen molar-refractivity contribution in [3.8, 4) is 56.7 Å². The highest BCUT2D eigenvalue weighted by molar-refractivity contribution is 6.10. The Morgan fingerprint density at radius 2 is 0.815 bits per heavy atom. The predicted molar refractivity (Wildman–Crippen MR) is 217 cm³/mol. The molecule has 0 aliphatic heterocycles. The van der Waals surface area contributed by atoms with Crippen LogP contribution in [0.2, 0.25) is 0 Å². The second-order valence-electron chi connectivity index (χ2n) is 13.5. The van der Waals surface area contributed by atoms with Crippen molar-refractivity contribution in [1.82, 2.24) is 19.9 Å². The summed E-state index contributed by atoms with van der Waals surface area (Å²) >= 11 is 0. The predicted octanol–water partition coefficient (Wildman–Crippen LogP) is 12.6. The zero-order valence-electron chi connectivity index (χ0n) is 28.8. The van der Waals surface area contributed by atoms with E-state index in [0.717, 1.165) is 77.0 Å². The van der Waals surface area contributed by atoms with E-state index in [1.165, 1.54) is 5.39 Å². The van der Waals surface area contributed by atoms with Crippen LogP contribution >= 0.6 is 0 Å². The summed E-state index contributed by atoms with van der Waals surface area (Å²) in [6, 6.07) is 58.0. The van der Waals surface area contributed by atoms with Crippen LogP contribution in [0.5, 0.6) is 0 Å². The van der Waals surface area contributed by atoms with E-state index in [2.05, 4.69) is 109 Å². The van der Waals surface area contributed by atoms with Crippen LogP contribution in [0.1, 0.15) is 0 Å². The Labute approximate surface area is 309 Å². The van der Waals surface area contributed by atoms with Crippen molar-refractivity contribution >= 4 is 54.6 Å². The molecule has 11 rings (SSSR count). The SMILES string of the molecule is c1ccc(-c2ccc(-c3nc(-c4ccc5ccccc5c4)nc(-c4ccc5oc6cc7nc(-c8ccc9ccccc9c8)oc7cc6c5c4)n3)cc2)cc1. The summed E-state index contributed by atoms with van der Waals surface area (Å²) in [6.45, 7) is 0. The van der Waals surface area contributed by atoms with Gasteiger partial charge in [0.05, 0.1) is 0 Å². The molecule has 0 radical (unpaired) electrons. The third-order valence-electron chi connectivity index (χ3n) is 10.1. The Hall–Kier alpha value is -7.44. The molecular weight excluding hydrogens is 665 g/mol. The van der Waals surface area contributed by atoms with Gasteiger partial charge >= 0.3 is 0 Å². The highest BCUT2D eigenvalue weighted by Gasteiger charge is 2.18. The molecule has 11 aromatic rings. The molecule has 0 amide bonds. The van der Waals surface area contributed by atoms with Crippen LogP contribution in [0.15, 0.2) is 179 Å². The van der Waals surface area contributed by atoms with Crippen molar-refractivity contribution in [2.75, 3.05) is 0 Å². The number of hydrogen-bond acceptors (Lipinski definition) is 6. The normalized spacial score (nSPS) is 11.7. The summed E-state index contributed by atoms with van der Waals surface area (Å²) in [5, 5.41) is 6.47. The quantitative estimate of drug-likeness (QED) is 0.179. The number of furan rings is 1. The molecule has 0 aliphatic rings. The van der Waals surface area contributed by atoms with Gasteiger partial charge in [0, 0.05) is 39.1 Å². The molecule has 0 bridgehead atoms. The van der Waals surface area contributed by atoms with Gasteiger partial charge < -0.3 is 8.83 Å². The molecule has 54 heavy (non-hydrogen) atoms. The topological polar surface area (TPSA) is 77.8 Å². The van der Waals surface area contributed by atoms with E-state index in [1.807, 2.05) is 60.7 Å². The van der Waals surface area contributed by atoms with Gasteiger partial charge in [0.25, 0.3) is 0 Å². The largest absolute Gasteiger partial charge is 0.456 e. The number of nitrogens with zero attached hydrogens (tertiary/aromatic N) is 4. The number of oxazole rings is 1. The summed E-state index contributed by atoms with van der Waals surface area (Å²) in [5.41, 5.74) is 8.83. The van der Waals surface area contributed by atoms with Gasteiger partial charge in [-0.2, -0.15) is 0 Å². The fourth-order valence-electron chi connectivity index (χ4n) is 7.32. The van der Waals surface area contributed by atoms with Crippen LogP contribution in [-0.4, -0.2) is 19.9 Å². The van der Waals surface area contributed by atoms with Crippen LogP contribution in [0, 0.1) is 0 Å². The fraction of sp³-hybridized carbons (Fsp3) is 0. The molecule has 252 valence electrons. The number of aromatic nitrogens is 4. The van der Waals surface area contributed by atoms with Gasteiger partial charge in [-0.15, -0.1) is 0 Å². The van der Waals surface area contributed by atoms with E-state index in [1.54, 1.807) is 0 Å². The van der Waals surface area contributed by atoms with Gasteiger partial charge in [0.15, 0.2) is 23.1 Å². The van der Waals surface area contributed by atoms with Crippen molar-refractivity contribution in [3.63, 3.8) is 0 Å². The van der Waals surface area contributed by atoms with E-state index in [-0.39, 0.29) is 0 Å². The highest BCUT2D eigenvalue weighted by Crippen LogP contribution is 2.37. The summed E-state index contributed by atoms with van der Waals surface area (Å²) in [6.07, 6.45) is 0. The second kappa shape index (κ2) is 12.1. The summed E-state index contributed by atoms with van der Waals surface area (Å²) < 4.78 is 12.7. The van der Waals surface area contributed by atoms with E-state index in [0.29, 0.717) is 28.9 Å². The molecule has 0 unspecified atom stereocenters.